The van der Waals surface area contributed by atoms with Gasteiger partial charge in [-0.1, -0.05) is 35.8 Å². The van der Waals surface area contributed by atoms with Crippen LogP contribution in [-0.2, 0) is 9.59 Å². The number of ketones is 1. The molecule has 0 bridgehead atoms. The number of hydrogen-bond donors (Lipinski definition) is 1. The van der Waals surface area contributed by atoms with Crippen LogP contribution in [0, 0.1) is 0 Å². The Morgan fingerprint density at radius 2 is 1.58 bits per heavy atom. The lowest BCUT2D eigenvalue weighted by Gasteiger charge is -2.21. The number of carbonyl (C=O) groups excluding carboxylic acids is 2. The lowest BCUT2D eigenvalue weighted by molar-refractivity contribution is -0.123. The highest BCUT2D eigenvalue weighted by Gasteiger charge is 2.18. The molecule has 0 aromatic heterocycles. The first-order chi connectivity index (χ1) is 11.4. The molecule has 0 radical (unpaired) electrons. The Morgan fingerprint density at radius 1 is 1.08 bits per heavy atom. The molecular formula is C18H26BrNO4. The summed E-state index contributed by atoms with van der Waals surface area (Å²) in [6.45, 7) is 7.97. The van der Waals surface area contributed by atoms with Gasteiger partial charge >= 0.3 is 0 Å². The SMILES string of the molecule is CCC(C)Oc1cccc(OC(C)CC)c1NC(=O)CC(=O)CBr. The fraction of sp³-hybridized carbons (Fsp3) is 0.556. The zero-order valence-electron chi connectivity index (χ0n) is 14.7. The molecule has 1 amide bonds. The Bertz CT molecular complexity index is 532. The minimum absolute atomic E-state index is 0.00340. The molecule has 1 N–H and O–H groups in total. The number of rotatable bonds is 10. The standard InChI is InChI=1S/C18H26BrNO4/c1-5-12(3)23-15-8-7-9-16(24-13(4)6-2)18(15)20-17(22)10-14(21)11-19/h7-9,12-13H,5-6,10-11H2,1-4H3,(H,20,22). The van der Waals surface area contributed by atoms with Crippen LogP contribution in [-0.4, -0.2) is 29.2 Å². The van der Waals surface area contributed by atoms with Crippen LogP contribution in [0.2, 0.25) is 0 Å². The molecule has 6 heteroatoms. The van der Waals surface area contributed by atoms with Gasteiger partial charge in [0.05, 0.1) is 24.0 Å². The molecule has 2 unspecified atom stereocenters. The second-order valence-electron chi connectivity index (χ2n) is 5.70. The van der Waals surface area contributed by atoms with Crippen molar-refractivity contribution >= 4 is 33.3 Å². The Balaban J connectivity index is 3.08. The predicted octanol–water partition coefficient (Wildman–Crippen LogP) is 4.33. The van der Waals surface area contributed by atoms with Gasteiger partial charge in [0, 0.05) is 0 Å². The summed E-state index contributed by atoms with van der Waals surface area (Å²) in [4.78, 5) is 23.6. The molecule has 1 rings (SSSR count). The van der Waals surface area contributed by atoms with Crippen molar-refractivity contribution in [2.45, 2.75) is 59.2 Å². The van der Waals surface area contributed by atoms with Crippen molar-refractivity contribution in [3.63, 3.8) is 0 Å². The van der Waals surface area contributed by atoms with Crippen molar-refractivity contribution in [3.05, 3.63) is 18.2 Å². The number of para-hydroxylation sites is 1. The van der Waals surface area contributed by atoms with Crippen molar-refractivity contribution in [3.8, 4) is 11.5 Å². The van der Waals surface area contributed by atoms with E-state index < -0.39 is 0 Å². The number of benzene rings is 1. The van der Waals surface area contributed by atoms with Crippen molar-refractivity contribution in [2.75, 3.05) is 10.6 Å². The van der Waals surface area contributed by atoms with E-state index in [0.717, 1.165) is 12.8 Å². The van der Waals surface area contributed by atoms with E-state index in [-0.39, 0.29) is 35.6 Å². The number of carbonyl (C=O) groups is 2. The van der Waals surface area contributed by atoms with E-state index in [9.17, 15) is 9.59 Å². The van der Waals surface area contributed by atoms with Crippen LogP contribution in [0.4, 0.5) is 5.69 Å². The van der Waals surface area contributed by atoms with Gasteiger partial charge in [0.25, 0.3) is 0 Å². The van der Waals surface area contributed by atoms with Crippen LogP contribution in [0.15, 0.2) is 18.2 Å². The second kappa shape index (κ2) is 10.3. The van der Waals surface area contributed by atoms with E-state index in [0.29, 0.717) is 17.2 Å². The molecular weight excluding hydrogens is 374 g/mol. The summed E-state index contributed by atoms with van der Waals surface area (Å²) in [6, 6.07) is 5.41. The third kappa shape index (κ3) is 6.51. The number of amides is 1. The van der Waals surface area contributed by atoms with Crippen molar-refractivity contribution in [1.29, 1.82) is 0 Å². The fourth-order valence-electron chi connectivity index (χ4n) is 1.84. The minimum Gasteiger partial charge on any atom is -0.488 e. The molecule has 2 atom stereocenters. The molecule has 0 fully saturated rings. The van der Waals surface area contributed by atoms with Gasteiger partial charge in [-0.15, -0.1) is 0 Å². The Morgan fingerprint density at radius 3 is 2.00 bits per heavy atom. The maximum atomic E-state index is 12.1. The quantitative estimate of drug-likeness (QED) is 0.469. The molecule has 0 aliphatic heterocycles. The highest BCUT2D eigenvalue weighted by Crippen LogP contribution is 2.36. The molecule has 0 spiro atoms. The van der Waals surface area contributed by atoms with Crippen LogP contribution in [0.3, 0.4) is 0 Å². The van der Waals surface area contributed by atoms with Gasteiger partial charge in [-0.3, -0.25) is 9.59 Å². The predicted molar refractivity (Wildman–Crippen MR) is 99.3 cm³/mol. The fourth-order valence-corrected chi connectivity index (χ4v) is 2.04. The molecule has 0 saturated carbocycles. The topological polar surface area (TPSA) is 64.6 Å². The highest BCUT2D eigenvalue weighted by molar-refractivity contribution is 9.09. The van der Waals surface area contributed by atoms with E-state index in [1.807, 2.05) is 33.8 Å². The summed E-state index contributed by atoms with van der Waals surface area (Å²) in [6.07, 6.45) is 1.50. The molecule has 5 nitrogen and oxygen atoms in total. The number of hydrogen-bond acceptors (Lipinski definition) is 4. The first-order valence-electron chi connectivity index (χ1n) is 8.25. The third-order valence-corrected chi connectivity index (χ3v) is 4.19. The van der Waals surface area contributed by atoms with E-state index in [2.05, 4.69) is 21.2 Å². The van der Waals surface area contributed by atoms with E-state index in [1.54, 1.807) is 12.1 Å². The number of Topliss-reactive ketones (excluding diaryl/α,β-unsaturated/α-hetero) is 1. The van der Waals surface area contributed by atoms with Crippen LogP contribution in [0.1, 0.15) is 47.0 Å². The summed E-state index contributed by atoms with van der Waals surface area (Å²) in [5, 5.41) is 2.93. The van der Waals surface area contributed by atoms with Crippen LogP contribution >= 0.6 is 15.9 Å². The van der Waals surface area contributed by atoms with E-state index >= 15 is 0 Å². The van der Waals surface area contributed by atoms with Crippen molar-refractivity contribution in [1.82, 2.24) is 0 Å². The summed E-state index contributed by atoms with van der Waals surface area (Å²) in [5.41, 5.74) is 0.477. The molecule has 134 valence electrons. The Kier molecular flexibility index (Phi) is 8.82. The van der Waals surface area contributed by atoms with Gasteiger partial charge < -0.3 is 14.8 Å². The normalized spacial score (nSPS) is 13.0. The van der Waals surface area contributed by atoms with E-state index in [1.165, 1.54) is 0 Å². The van der Waals surface area contributed by atoms with Gasteiger partial charge in [0.15, 0.2) is 5.78 Å². The molecule has 0 heterocycles. The average molecular weight is 400 g/mol. The molecule has 0 aliphatic carbocycles. The van der Waals surface area contributed by atoms with Gasteiger partial charge in [0.1, 0.15) is 17.2 Å². The molecule has 1 aromatic rings. The summed E-state index contributed by atoms with van der Waals surface area (Å²) >= 11 is 3.06. The Labute approximate surface area is 152 Å². The maximum Gasteiger partial charge on any atom is 0.232 e. The zero-order chi connectivity index (χ0) is 18.1. The minimum atomic E-state index is -0.381. The lowest BCUT2D eigenvalue weighted by Crippen LogP contribution is -2.20. The summed E-state index contributed by atoms with van der Waals surface area (Å²) in [5.74, 6) is 0.528. The summed E-state index contributed by atoms with van der Waals surface area (Å²) < 4.78 is 11.8. The number of halogens is 1. The Hall–Kier alpha value is -1.56. The lowest BCUT2D eigenvalue weighted by atomic mass is 10.2. The molecule has 0 saturated heterocycles. The smallest absolute Gasteiger partial charge is 0.232 e. The third-order valence-electron chi connectivity index (χ3n) is 3.57. The number of alkyl halides is 1. The second-order valence-corrected chi connectivity index (χ2v) is 6.26. The van der Waals surface area contributed by atoms with Crippen molar-refractivity contribution in [2.24, 2.45) is 0 Å². The summed E-state index contributed by atoms with van der Waals surface area (Å²) in [7, 11) is 0. The molecule has 1 aromatic carbocycles. The molecule has 0 aliphatic rings. The van der Waals surface area contributed by atoms with Gasteiger partial charge in [-0.25, -0.2) is 0 Å². The number of nitrogens with one attached hydrogen (secondary N) is 1. The zero-order valence-corrected chi connectivity index (χ0v) is 16.3. The van der Waals surface area contributed by atoms with E-state index in [4.69, 9.17) is 9.47 Å². The number of ether oxygens (including phenoxy) is 2. The first kappa shape index (κ1) is 20.5. The number of anilines is 1. The largest absolute Gasteiger partial charge is 0.488 e. The van der Waals surface area contributed by atoms with Gasteiger partial charge in [-0.2, -0.15) is 0 Å². The molecule has 24 heavy (non-hydrogen) atoms. The monoisotopic (exact) mass is 399 g/mol. The highest BCUT2D eigenvalue weighted by atomic mass is 79.9. The average Bonchev–Trinajstić information content (AvgIpc) is 2.56. The first-order valence-corrected chi connectivity index (χ1v) is 9.37. The van der Waals surface area contributed by atoms with Crippen LogP contribution in [0.5, 0.6) is 11.5 Å². The van der Waals surface area contributed by atoms with Crippen LogP contribution in [0.25, 0.3) is 0 Å². The maximum absolute atomic E-state index is 12.1. The van der Waals surface area contributed by atoms with Crippen molar-refractivity contribution < 1.29 is 19.1 Å². The van der Waals surface area contributed by atoms with Crippen LogP contribution < -0.4 is 14.8 Å². The van der Waals surface area contributed by atoms with Gasteiger partial charge in [-0.05, 0) is 38.8 Å². The van der Waals surface area contributed by atoms with Gasteiger partial charge in [0.2, 0.25) is 5.91 Å².